The lowest BCUT2D eigenvalue weighted by molar-refractivity contribution is -0.385. The number of benzene rings is 1. The van der Waals surface area contributed by atoms with Gasteiger partial charge in [0.2, 0.25) is 11.8 Å². The maximum absolute atomic E-state index is 12.0. The number of nitrogens with two attached hydrogens (primary N) is 1. The normalized spacial score (nSPS) is 18.6. The van der Waals surface area contributed by atoms with Crippen molar-refractivity contribution >= 4 is 17.5 Å². The van der Waals surface area contributed by atoms with Crippen LogP contribution in [0.4, 0.5) is 5.69 Å². The molecule has 0 radical (unpaired) electrons. The minimum atomic E-state index is -1.02. The van der Waals surface area contributed by atoms with Gasteiger partial charge in [-0.15, -0.1) is 0 Å². The zero-order valence-electron chi connectivity index (χ0n) is 11.9. The molecule has 1 fully saturated rings. The minimum Gasteiger partial charge on any atom is -0.368 e. The second-order valence-electron chi connectivity index (χ2n) is 5.06. The molecule has 8 heteroatoms. The van der Waals surface area contributed by atoms with E-state index in [9.17, 15) is 19.7 Å². The molecule has 0 spiro atoms. The van der Waals surface area contributed by atoms with Crippen LogP contribution in [0.1, 0.15) is 18.4 Å². The highest BCUT2D eigenvalue weighted by Crippen LogP contribution is 2.19. The van der Waals surface area contributed by atoms with Gasteiger partial charge >= 0.3 is 0 Å². The Morgan fingerprint density at radius 2 is 2.18 bits per heavy atom. The van der Waals surface area contributed by atoms with Crippen LogP contribution >= 0.6 is 0 Å². The van der Waals surface area contributed by atoms with E-state index in [0.29, 0.717) is 18.6 Å². The molecule has 0 bridgehead atoms. The van der Waals surface area contributed by atoms with E-state index in [1.807, 2.05) is 0 Å². The van der Waals surface area contributed by atoms with Crippen LogP contribution < -0.4 is 11.1 Å². The molecule has 3 N–H and O–H groups in total. The summed E-state index contributed by atoms with van der Waals surface area (Å²) in [6.45, 7) is 0.503. The second-order valence-corrected chi connectivity index (χ2v) is 5.06. The Hall–Kier alpha value is -2.48. The van der Waals surface area contributed by atoms with Crippen molar-refractivity contribution < 1.29 is 19.2 Å². The fraction of sp³-hybridized carbons (Fsp3) is 0.429. The maximum atomic E-state index is 12.0. The summed E-state index contributed by atoms with van der Waals surface area (Å²) >= 11 is 0. The molecule has 0 saturated carbocycles. The predicted octanol–water partition coefficient (Wildman–Crippen LogP) is 0.286. The zero-order chi connectivity index (χ0) is 16.1. The molecule has 0 unspecified atom stereocenters. The van der Waals surface area contributed by atoms with Crippen LogP contribution in [0.2, 0.25) is 0 Å². The van der Waals surface area contributed by atoms with Gasteiger partial charge in [-0.25, -0.2) is 0 Å². The number of rotatable bonds is 6. The minimum absolute atomic E-state index is 0.0368. The second kappa shape index (κ2) is 6.99. The molecule has 8 nitrogen and oxygen atoms in total. The molecule has 0 aliphatic carbocycles. The summed E-state index contributed by atoms with van der Waals surface area (Å²) in [4.78, 5) is 34.0. The average Bonchev–Trinajstić information content (AvgIpc) is 3.01. The van der Waals surface area contributed by atoms with Crippen molar-refractivity contribution in [3.8, 4) is 0 Å². The lowest BCUT2D eigenvalue weighted by Crippen LogP contribution is -2.49. The Morgan fingerprint density at radius 1 is 1.45 bits per heavy atom. The van der Waals surface area contributed by atoms with Crippen LogP contribution in [0.3, 0.4) is 0 Å². The van der Waals surface area contributed by atoms with Gasteiger partial charge in [-0.1, -0.05) is 18.2 Å². The van der Waals surface area contributed by atoms with Crippen molar-refractivity contribution in [1.82, 2.24) is 5.32 Å². The van der Waals surface area contributed by atoms with Crippen LogP contribution in [0, 0.1) is 10.1 Å². The molecule has 1 aliphatic heterocycles. The first-order chi connectivity index (χ1) is 10.5. The first kappa shape index (κ1) is 15.9. The van der Waals surface area contributed by atoms with Gasteiger partial charge in [0.1, 0.15) is 12.1 Å². The van der Waals surface area contributed by atoms with E-state index in [4.69, 9.17) is 10.5 Å². The highest BCUT2D eigenvalue weighted by molar-refractivity contribution is 5.88. The number of carbonyl (C=O) groups excluding carboxylic acids is 2. The standard InChI is InChI=1S/C14H17N3O5/c15-13(18)10(16-14(19)12-6-3-7-22-12)8-9-4-1-2-5-11(9)17(20)21/h1-2,4-5,10,12H,3,6-8H2,(H2,15,18)(H,16,19)/t10-,12-/m1/s1. The molecule has 1 aliphatic rings. The fourth-order valence-corrected chi connectivity index (χ4v) is 2.35. The van der Waals surface area contributed by atoms with Crippen LogP contribution in [-0.4, -0.2) is 35.5 Å². The highest BCUT2D eigenvalue weighted by Gasteiger charge is 2.28. The summed E-state index contributed by atoms with van der Waals surface area (Å²) in [5, 5.41) is 13.5. The van der Waals surface area contributed by atoms with Crippen LogP contribution in [0.5, 0.6) is 0 Å². The predicted molar refractivity (Wildman–Crippen MR) is 76.9 cm³/mol. The smallest absolute Gasteiger partial charge is 0.272 e. The number of para-hydroxylation sites is 1. The van der Waals surface area contributed by atoms with Gasteiger partial charge in [0.05, 0.1) is 4.92 Å². The fourth-order valence-electron chi connectivity index (χ4n) is 2.35. The molecule has 22 heavy (non-hydrogen) atoms. The Labute approximate surface area is 126 Å². The first-order valence-corrected chi connectivity index (χ1v) is 6.92. The van der Waals surface area contributed by atoms with Gasteiger partial charge in [0, 0.05) is 24.7 Å². The summed E-state index contributed by atoms with van der Waals surface area (Å²) in [5.74, 6) is -1.16. The topological polar surface area (TPSA) is 125 Å². The molecule has 1 aromatic rings. The zero-order valence-corrected chi connectivity index (χ0v) is 11.9. The summed E-state index contributed by atoms with van der Waals surface area (Å²) in [7, 11) is 0. The number of primary amides is 1. The molecular formula is C14H17N3O5. The molecule has 1 saturated heterocycles. The molecule has 0 aromatic heterocycles. The number of nitrogens with one attached hydrogen (secondary N) is 1. The number of hydrogen-bond donors (Lipinski definition) is 2. The van der Waals surface area contributed by atoms with Crippen LogP contribution in [0.25, 0.3) is 0 Å². The molecular weight excluding hydrogens is 290 g/mol. The first-order valence-electron chi connectivity index (χ1n) is 6.92. The maximum Gasteiger partial charge on any atom is 0.272 e. The molecule has 2 atom stereocenters. The number of ether oxygens (including phenoxy) is 1. The van der Waals surface area contributed by atoms with Gasteiger partial charge in [-0.05, 0) is 12.8 Å². The lowest BCUT2D eigenvalue weighted by Gasteiger charge is -2.18. The van der Waals surface area contributed by atoms with Gasteiger partial charge < -0.3 is 15.8 Å². The van der Waals surface area contributed by atoms with Crippen LogP contribution in [0.15, 0.2) is 24.3 Å². The molecule has 2 amide bonds. The van der Waals surface area contributed by atoms with E-state index < -0.39 is 28.9 Å². The van der Waals surface area contributed by atoms with E-state index in [0.717, 1.165) is 6.42 Å². The third kappa shape index (κ3) is 3.79. The Kier molecular flexibility index (Phi) is 5.05. The Morgan fingerprint density at radius 3 is 2.77 bits per heavy atom. The van der Waals surface area contributed by atoms with E-state index in [2.05, 4.69) is 5.32 Å². The number of amides is 2. The van der Waals surface area contributed by atoms with Gasteiger partial charge in [0.15, 0.2) is 0 Å². The number of carbonyl (C=O) groups is 2. The van der Waals surface area contributed by atoms with Crippen molar-refractivity contribution in [2.24, 2.45) is 5.73 Å². The average molecular weight is 307 g/mol. The Balaban J connectivity index is 2.10. The van der Waals surface area contributed by atoms with Crippen molar-refractivity contribution in [3.63, 3.8) is 0 Å². The van der Waals surface area contributed by atoms with E-state index in [-0.39, 0.29) is 12.1 Å². The van der Waals surface area contributed by atoms with Crippen molar-refractivity contribution in [2.75, 3.05) is 6.61 Å². The van der Waals surface area contributed by atoms with Crippen molar-refractivity contribution in [2.45, 2.75) is 31.4 Å². The quantitative estimate of drug-likeness (QED) is 0.577. The summed E-state index contributed by atoms with van der Waals surface area (Å²) in [6.07, 6.45) is 0.740. The SMILES string of the molecule is NC(=O)[C@@H](Cc1ccccc1[N+](=O)[O-])NC(=O)[C@H]1CCCO1. The molecule has 1 aromatic carbocycles. The van der Waals surface area contributed by atoms with E-state index in [1.54, 1.807) is 6.07 Å². The molecule has 1 heterocycles. The van der Waals surface area contributed by atoms with Gasteiger partial charge in [-0.3, -0.25) is 19.7 Å². The van der Waals surface area contributed by atoms with Crippen LogP contribution in [-0.2, 0) is 20.7 Å². The Bertz CT molecular complexity index is 584. The van der Waals surface area contributed by atoms with E-state index >= 15 is 0 Å². The number of nitro groups is 1. The number of nitrogens with zero attached hydrogens (tertiary/aromatic N) is 1. The van der Waals surface area contributed by atoms with Gasteiger partial charge in [-0.2, -0.15) is 0 Å². The monoisotopic (exact) mass is 307 g/mol. The largest absolute Gasteiger partial charge is 0.368 e. The summed E-state index contributed by atoms with van der Waals surface area (Å²) < 4.78 is 5.24. The lowest BCUT2D eigenvalue weighted by atomic mass is 10.0. The summed E-state index contributed by atoms with van der Waals surface area (Å²) in [6, 6.07) is 5.02. The van der Waals surface area contributed by atoms with Crippen molar-refractivity contribution in [1.29, 1.82) is 0 Å². The molecule has 118 valence electrons. The van der Waals surface area contributed by atoms with Gasteiger partial charge in [0.25, 0.3) is 5.69 Å². The number of hydrogen-bond acceptors (Lipinski definition) is 5. The molecule has 2 rings (SSSR count). The number of nitro benzene ring substituents is 1. The third-order valence-electron chi connectivity index (χ3n) is 3.49. The van der Waals surface area contributed by atoms with E-state index in [1.165, 1.54) is 18.2 Å². The highest BCUT2D eigenvalue weighted by atomic mass is 16.6. The van der Waals surface area contributed by atoms with Crippen molar-refractivity contribution in [3.05, 3.63) is 39.9 Å². The summed E-state index contributed by atoms with van der Waals surface area (Å²) in [5.41, 5.74) is 5.52. The third-order valence-corrected chi connectivity index (χ3v) is 3.49.